The normalized spacial score (nSPS) is 11.0. The summed E-state index contributed by atoms with van der Waals surface area (Å²) >= 11 is 0. The maximum Gasteiger partial charge on any atom is 0.253 e. The van der Waals surface area contributed by atoms with Crippen molar-refractivity contribution in [2.24, 2.45) is 0 Å². The van der Waals surface area contributed by atoms with E-state index in [1.54, 1.807) is 12.4 Å². The van der Waals surface area contributed by atoms with Crippen LogP contribution in [0, 0.1) is 6.92 Å². The summed E-state index contributed by atoms with van der Waals surface area (Å²) in [6.45, 7) is 7.39. The fourth-order valence-corrected chi connectivity index (χ4v) is 2.33. The van der Waals surface area contributed by atoms with Crippen molar-refractivity contribution in [3.05, 3.63) is 41.7 Å². The molecule has 0 unspecified atom stereocenters. The van der Waals surface area contributed by atoms with Gasteiger partial charge in [-0.05, 0) is 32.9 Å². The molecule has 2 rings (SSSR count). The molecule has 0 saturated carbocycles. The number of aryl methyl sites for hydroxylation is 1. The lowest BCUT2D eigenvalue weighted by atomic mass is 10.1. The number of nitrogens with zero attached hydrogens (tertiary/aromatic N) is 3. The van der Waals surface area contributed by atoms with Crippen LogP contribution in [0.25, 0.3) is 5.69 Å². The first-order valence-corrected chi connectivity index (χ1v) is 8.14. The Morgan fingerprint density at radius 2 is 1.88 bits per heavy atom. The van der Waals surface area contributed by atoms with E-state index < -0.39 is 0 Å². The van der Waals surface area contributed by atoms with Crippen molar-refractivity contribution in [2.45, 2.75) is 33.5 Å². The number of carbonyl (C=O) groups excluding carboxylic acids is 1. The van der Waals surface area contributed by atoms with Gasteiger partial charge in [-0.1, -0.05) is 11.6 Å². The number of aromatic nitrogens is 3. The summed E-state index contributed by atoms with van der Waals surface area (Å²) in [5.41, 5.74) is 2.18. The first kappa shape index (κ1) is 18.1. The fourth-order valence-electron chi connectivity index (χ4n) is 2.33. The largest absolute Gasteiger partial charge is 0.353 e. The molecule has 0 radical (unpaired) electrons. The van der Waals surface area contributed by atoms with Crippen LogP contribution in [-0.2, 0) is 9.47 Å². The molecule has 1 amide bonds. The third-order valence-corrected chi connectivity index (χ3v) is 3.40. The predicted molar refractivity (Wildman–Crippen MR) is 90.1 cm³/mol. The highest BCUT2D eigenvalue weighted by atomic mass is 16.7. The summed E-state index contributed by atoms with van der Waals surface area (Å²) in [5, 5.41) is 11.1. The third kappa shape index (κ3) is 4.87. The van der Waals surface area contributed by atoms with Crippen LogP contribution in [0.5, 0.6) is 0 Å². The molecule has 1 aromatic carbocycles. The Labute approximate surface area is 142 Å². The highest BCUT2D eigenvalue weighted by Gasteiger charge is 2.15. The average molecular weight is 332 g/mol. The van der Waals surface area contributed by atoms with Gasteiger partial charge >= 0.3 is 0 Å². The Hall–Kier alpha value is -2.25. The van der Waals surface area contributed by atoms with Crippen molar-refractivity contribution in [1.29, 1.82) is 0 Å². The molecule has 7 heteroatoms. The molecule has 0 aliphatic rings. The minimum absolute atomic E-state index is 0.169. The standard InChI is InChI=1S/C17H24N4O3/c1-4-23-16(24-5-2)8-9-18-17(22)14-12-13(3)6-7-15(14)21-19-10-11-20-21/h6-7,10-12,16H,4-5,8-9H2,1-3H3,(H,18,22). The second-order valence-corrected chi connectivity index (χ2v) is 5.22. The minimum atomic E-state index is -0.301. The van der Waals surface area contributed by atoms with Crippen molar-refractivity contribution in [3.63, 3.8) is 0 Å². The van der Waals surface area contributed by atoms with E-state index >= 15 is 0 Å². The van der Waals surface area contributed by atoms with Gasteiger partial charge in [-0.15, -0.1) is 0 Å². The minimum Gasteiger partial charge on any atom is -0.353 e. The van der Waals surface area contributed by atoms with Gasteiger partial charge in [-0.25, -0.2) is 0 Å². The van der Waals surface area contributed by atoms with Crippen LogP contribution < -0.4 is 5.32 Å². The Balaban J connectivity index is 2.03. The van der Waals surface area contributed by atoms with Crippen LogP contribution in [0.3, 0.4) is 0 Å². The molecule has 0 fully saturated rings. The van der Waals surface area contributed by atoms with E-state index in [4.69, 9.17) is 9.47 Å². The second-order valence-electron chi connectivity index (χ2n) is 5.22. The average Bonchev–Trinajstić information content (AvgIpc) is 3.09. The molecule has 1 heterocycles. The summed E-state index contributed by atoms with van der Waals surface area (Å²) in [5.74, 6) is -0.169. The Morgan fingerprint density at radius 3 is 2.50 bits per heavy atom. The van der Waals surface area contributed by atoms with Crippen LogP contribution in [0.15, 0.2) is 30.6 Å². The van der Waals surface area contributed by atoms with Crippen molar-refractivity contribution in [2.75, 3.05) is 19.8 Å². The lowest BCUT2D eigenvalue weighted by Gasteiger charge is -2.17. The smallest absolute Gasteiger partial charge is 0.253 e. The van der Waals surface area contributed by atoms with Crippen molar-refractivity contribution < 1.29 is 14.3 Å². The number of ether oxygens (including phenoxy) is 2. The highest BCUT2D eigenvalue weighted by Crippen LogP contribution is 2.15. The molecule has 0 bridgehead atoms. The lowest BCUT2D eigenvalue weighted by molar-refractivity contribution is -0.138. The van der Waals surface area contributed by atoms with Crippen molar-refractivity contribution in [1.82, 2.24) is 20.3 Å². The zero-order valence-corrected chi connectivity index (χ0v) is 14.4. The molecule has 2 aromatic rings. The Kier molecular flexibility index (Phi) is 6.89. The molecule has 0 spiro atoms. The summed E-state index contributed by atoms with van der Waals surface area (Å²) in [4.78, 5) is 14.0. The number of rotatable bonds is 9. The topological polar surface area (TPSA) is 78.3 Å². The maximum absolute atomic E-state index is 12.5. The molecule has 130 valence electrons. The maximum atomic E-state index is 12.5. The molecule has 7 nitrogen and oxygen atoms in total. The second kappa shape index (κ2) is 9.14. The lowest BCUT2D eigenvalue weighted by Crippen LogP contribution is -2.30. The number of benzene rings is 1. The van der Waals surface area contributed by atoms with Crippen LogP contribution in [0.4, 0.5) is 0 Å². The number of hydrogen-bond acceptors (Lipinski definition) is 5. The molecule has 1 aromatic heterocycles. The number of amides is 1. The van der Waals surface area contributed by atoms with Gasteiger partial charge in [0.05, 0.1) is 23.6 Å². The van der Waals surface area contributed by atoms with Gasteiger partial charge in [-0.3, -0.25) is 4.79 Å². The molecular weight excluding hydrogens is 308 g/mol. The van der Waals surface area contributed by atoms with Gasteiger partial charge in [0.2, 0.25) is 0 Å². The zero-order chi connectivity index (χ0) is 17.4. The molecule has 0 atom stereocenters. The Bertz CT molecular complexity index is 637. The Morgan fingerprint density at radius 1 is 1.21 bits per heavy atom. The molecule has 0 aliphatic heterocycles. The number of nitrogens with one attached hydrogen (secondary N) is 1. The predicted octanol–water partition coefficient (Wildman–Crippen LogP) is 2.09. The van der Waals surface area contributed by atoms with Crippen molar-refractivity contribution >= 4 is 5.91 Å². The van der Waals surface area contributed by atoms with Crippen LogP contribution >= 0.6 is 0 Å². The summed E-state index contributed by atoms with van der Waals surface area (Å²) < 4.78 is 10.9. The van der Waals surface area contributed by atoms with Crippen LogP contribution in [0.1, 0.15) is 36.2 Å². The fraction of sp³-hybridized carbons (Fsp3) is 0.471. The molecule has 0 saturated heterocycles. The van der Waals surface area contributed by atoms with E-state index in [1.807, 2.05) is 39.0 Å². The summed E-state index contributed by atoms with van der Waals surface area (Å²) in [6.07, 6.45) is 3.45. The molecule has 24 heavy (non-hydrogen) atoms. The van der Waals surface area contributed by atoms with E-state index in [-0.39, 0.29) is 12.2 Å². The summed E-state index contributed by atoms with van der Waals surface area (Å²) in [7, 11) is 0. The van der Waals surface area contributed by atoms with E-state index in [9.17, 15) is 4.79 Å². The first-order valence-electron chi connectivity index (χ1n) is 8.14. The van der Waals surface area contributed by atoms with Gasteiger partial charge in [0.25, 0.3) is 5.91 Å². The molecule has 0 aliphatic carbocycles. The van der Waals surface area contributed by atoms with Gasteiger partial charge in [-0.2, -0.15) is 15.0 Å². The van der Waals surface area contributed by atoms with Crippen LogP contribution in [-0.4, -0.2) is 46.9 Å². The van der Waals surface area contributed by atoms with E-state index in [2.05, 4.69) is 15.5 Å². The monoisotopic (exact) mass is 332 g/mol. The number of hydrogen-bond donors (Lipinski definition) is 1. The first-order chi connectivity index (χ1) is 11.7. The van der Waals surface area contributed by atoms with Gasteiger partial charge in [0.15, 0.2) is 6.29 Å². The van der Waals surface area contributed by atoms with Gasteiger partial charge < -0.3 is 14.8 Å². The van der Waals surface area contributed by atoms with Gasteiger partial charge in [0, 0.05) is 26.2 Å². The van der Waals surface area contributed by atoms with E-state index in [0.29, 0.717) is 37.4 Å². The SMILES string of the molecule is CCOC(CCNC(=O)c1cc(C)ccc1-n1nccn1)OCC. The highest BCUT2D eigenvalue weighted by molar-refractivity contribution is 5.97. The quantitative estimate of drug-likeness (QED) is 0.712. The summed E-state index contributed by atoms with van der Waals surface area (Å²) in [6, 6.07) is 5.60. The van der Waals surface area contributed by atoms with Crippen molar-refractivity contribution in [3.8, 4) is 5.69 Å². The van der Waals surface area contributed by atoms with E-state index in [1.165, 1.54) is 4.80 Å². The van der Waals surface area contributed by atoms with Crippen LogP contribution in [0.2, 0.25) is 0 Å². The third-order valence-electron chi connectivity index (χ3n) is 3.40. The van der Waals surface area contributed by atoms with E-state index in [0.717, 1.165) is 5.56 Å². The molecule has 1 N–H and O–H groups in total. The van der Waals surface area contributed by atoms with Gasteiger partial charge in [0.1, 0.15) is 0 Å². The number of carbonyl (C=O) groups is 1. The zero-order valence-electron chi connectivity index (χ0n) is 14.4. The molecular formula is C17H24N4O3.